The van der Waals surface area contributed by atoms with Crippen LogP contribution in [0.4, 0.5) is 5.69 Å². The van der Waals surface area contributed by atoms with Crippen molar-refractivity contribution in [2.75, 3.05) is 51.8 Å². The second-order valence-electron chi connectivity index (χ2n) is 5.83. The first-order valence-electron chi connectivity index (χ1n) is 8.39. The van der Waals surface area contributed by atoms with Gasteiger partial charge in [0.15, 0.2) is 0 Å². The van der Waals surface area contributed by atoms with E-state index in [1.165, 1.54) is 11.3 Å². The van der Waals surface area contributed by atoms with Crippen LogP contribution in [-0.2, 0) is 9.47 Å². The average Bonchev–Trinajstić information content (AvgIpc) is 2.93. The highest BCUT2D eigenvalue weighted by Crippen LogP contribution is 2.36. The van der Waals surface area contributed by atoms with Crippen molar-refractivity contribution >= 4 is 33.2 Å². The molecule has 0 amide bonds. The van der Waals surface area contributed by atoms with Crippen LogP contribution in [0.25, 0.3) is 10.2 Å². The molecule has 0 spiro atoms. The second kappa shape index (κ2) is 7.99. The highest BCUT2D eigenvalue weighted by Gasteiger charge is 2.20. The number of nitrogens with zero attached hydrogens (tertiary/aromatic N) is 2. The quantitative estimate of drug-likeness (QED) is 0.784. The maximum absolute atomic E-state index is 12.0. The number of hydrogen-bond donors (Lipinski definition) is 1. The summed E-state index contributed by atoms with van der Waals surface area (Å²) < 4.78 is 16.2. The maximum Gasteiger partial charge on any atom is 0.350 e. The third-order valence-corrected chi connectivity index (χ3v) is 5.17. The molecule has 8 heteroatoms. The van der Waals surface area contributed by atoms with Crippen LogP contribution in [0.3, 0.4) is 0 Å². The van der Waals surface area contributed by atoms with Crippen molar-refractivity contribution in [1.29, 1.82) is 0 Å². The molecule has 1 aliphatic rings. The highest BCUT2D eigenvalue weighted by atomic mass is 32.1. The summed E-state index contributed by atoms with van der Waals surface area (Å²) in [7, 11) is 0. The molecule has 0 aromatic carbocycles. The van der Waals surface area contributed by atoms with E-state index in [0.29, 0.717) is 34.5 Å². The van der Waals surface area contributed by atoms with Gasteiger partial charge >= 0.3 is 5.97 Å². The van der Waals surface area contributed by atoms with Crippen molar-refractivity contribution in [3.8, 4) is 5.88 Å². The molecule has 3 rings (SSSR count). The fourth-order valence-electron chi connectivity index (χ4n) is 2.81. The van der Waals surface area contributed by atoms with Gasteiger partial charge in [0.1, 0.15) is 16.3 Å². The lowest BCUT2D eigenvalue weighted by atomic mass is 10.1. The molecule has 1 aliphatic heterocycles. The molecule has 0 bridgehead atoms. The molecule has 136 valence electrons. The Balaban J connectivity index is 1.73. The van der Waals surface area contributed by atoms with Crippen molar-refractivity contribution in [2.45, 2.75) is 13.8 Å². The van der Waals surface area contributed by atoms with Crippen molar-refractivity contribution in [1.82, 2.24) is 9.88 Å². The largest absolute Gasteiger partial charge is 0.476 e. The van der Waals surface area contributed by atoms with Gasteiger partial charge in [-0.3, -0.25) is 4.90 Å². The van der Waals surface area contributed by atoms with Gasteiger partial charge in [0.2, 0.25) is 5.88 Å². The molecular weight excluding hydrogens is 342 g/mol. The first-order chi connectivity index (χ1) is 12.1. The summed E-state index contributed by atoms with van der Waals surface area (Å²) in [5, 5.41) is 0.800. The molecule has 2 aromatic heterocycles. The Morgan fingerprint density at radius 3 is 2.92 bits per heavy atom. The van der Waals surface area contributed by atoms with E-state index in [-0.39, 0.29) is 0 Å². The molecule has 0 atom stereocenters. The predicted molar refractivity (Wildman–Crippen MR) is 97.5 cm³/mol. The van der Waals surface area contributed by atoms with Crippen molar-refractivity contribution in [3.63, 3.8) is 0 Å². The number of anilines is 1. The third kappa shape index (κ3) is 4.02. The molecular formula is C17H23N3O4S. The van der Waals surface area contributed by atoms with Gasteiger partial charge in [0.05, 0.1) is 25.5 Å². The van der Waals surface area contributed by atoms with E-state index in [9.17, 15) is 4.79 Å². The lowest BCUT2D eigenvalue weighted by Crippen LogP contribution is -2.38. The molecule has 2 aromatic rings. The SMILES string of the molecule is CCOC(=O)c1sc2nc(OCCN3CCOCC3)cc(C)c2c1N. The number of nitrogen functional groups attached to an aromatic ring is 1. The highest BCUT2D eigenvalue weighted by molar-refractivity contribution is 7.21. The Kier molecular flexibility index (Phi) is 5.72. The summed E-state index contributed by atoms with van der Waals surface area (Å²) >= 11 is 1.24. The Labute approximate surface area is 150 Å². The van der Waals surface area contributed by atoms with Crippen molar-refractivity contribution < 1.29 is 19.0 Å². The maximum atomic E-state index is 12.0. The zero-order chi connectivity index (χ0) is 17.8. The van der Waals surface area contributed by atoms with E-state index in [1.807, 2.05) is 13.0 Å². The number of aromatic nitrogens is 1. The van der Waals surface area contributed by atoms with Crippen molar-refractivity contribution in [3.05, 3.63) is 16.5 Å². The van der Waals surface area contributed by atoms with Crippen LogP contribution in [0.1, 0.15) is 22.2 Å². The topological polar surface area (TPSA) is 86.9 Å². The number of pyridine rings is 1. The number of esters is 1. The molecule has 25 heavy (non-hydrogen) atoms. The number of hydrogen-bond acceptors (Lipinski definition) is 8. The fourth-order valence-corrected chi connectivity index (χ4v) is 3.86. The smallest absolute Gasteiger partial charge is 0.350 e. The molecule has 0 unspecified atom stereocenters. The number of carbonyl (C=O) groups is 1. The van der Waals surface area contributed by atoms with Gasteiger partial charge in [-0.15, -0.1) is 11.3 Å². The van der Waals surface area contributed by atoms with Gasteiger partial charge in [-0.2, -0.15) is 0 Å². The molecule has 2 N–H and O–H groups in total. The lowest BCUT2D eigenvalue weighted by Gasteiger charge is -2.26. The normalized spacial score (nSPS) is 15.4. The lowest BCUT2D eigenvalue weighted by molar-refractivity contribution is 0.0320. The monoisotopic (exact) mass is 365 g/mol. The number of thiophene rings is 1. The Morgan fingerprint density at radius 1 is 1.44 bits per heavy atom. The number of fused-ring (bicyclic) bond motifs is 1. The minimum atomic E-state index is -0.405. The zero-order valence-electron chi connectivity index (χ0n) is 14.5. The fraction of sp³-hybridized carbons (Fsp3) is 0.529. The number of rotatable bonds is 6. The third-order valence-electron chi connectivity index (χ3n) is 4.09. The molecule has 0 aliphatic carbocycles. The van der Waals surface area contributed by atoms with Gasteiger partial charge < -0.3 is 19.9 Å². The number of carbonyl (C=O) groups excluding carboxylic acids is 1. The summed E-state index contributed by atoms with van der Waals surface area (Å²) in [6.45, 7) is 8.82. The van der Waals surface area contributed by atoms with E-state index < -0.39 is 5.97 Å². The van der Waals surface area contributed by atoms with E-state index in [2.05, 4.69) is 9.88 Å². The molecule has 1 saturated heterocycles. The molecule has 7 nitrogen and oxygen atoms in total. The first-order valence-corrected chi connectivity index (χ1v) is 9.21. The molecule has 0 radical (unpaired) electrons. The van der Waals surface area contributed by atoms with Crippen LogP contribution >= 0.6 is 11.3 Å². The van der Waals surface area contributed by atoms with E-state index in [0.717, 1.165) is 43.8 Å². The van der Waals surface area contributed by atoms with Gasteiger partial charge in [-0.1, -0.05) is 0 Å². The number of aryl methyl sites for hydroxylation is 1. The molecule has 3 heterocycles. The van der Waals surface area contributed by atoms with Crippen LogP contribution in [-0.4, -0.2) is 61.9 Å². The average molecular weight is 365 g/mol. The summed E-state index contributed by atoms with van der Waals surface area (Å²) in [6.07, 6.45) is 0. The zero-order valence-corrected chi connectivity index (χ0v) is 15.4. The van der Waals surface area contributed by atoms with E-state index in [1.54, 1.807) is 6.92 Å². The standard InChI is InChI=1S/C17H23N3O4S/c1-3-23-17(21)15-14(18)13-11(2)10-12(19-16(13)25-15)24-9-6-20-4-7-22-8-5-20/h10H,3-9,18H2,1-2H3. The van der Waals surface area contributed by atoms with Crippen LogP contribution in [0.2, 0.25) is 0 Å². The summed E-state index contributed by atoms with van der Waals surface area (Å²) in [5.74, 6) is 0.145. The number of morpholine rings is 1. The first kappa shape index (κ1) is 17.9. The predicted octanol–water partition coefficient (Wildman–Crippen LogP) is 2.07. The molecule has 0 saturated carbocycles. The summed E-state index contributed by atoms with van der Waals surface area (Å²) in [6, 6.07) is 1.86. The van der Waals surface area contributed by atoms with E-state index >= 15 is 0 Å². The number of nitrogens with two attached hydrogens (primary N) is 1. The summed E-state index contributed by atoms with van der Waals surface area (Å²) in [5.41, 5.74) is 7.50. The van der Waals surface area contributed by atoms with Gasteiger partial charge in [-0.05, 0) is 19.4 Å². The Bertz CT molecular complexity index is 756. The van der Waals surface area contributed by atoms with Crippen LogP contribution in [0.5, 0.6) is 5.88 Å². The molecule has 1 fully saturated rings. The van der Waals surface area contributed by atoms with Gasteiger partial charge in [-0.25, -0.2) is 9.78 Å². The minimum absolute atomic E-state index is 0.314. The van der Waals surface area contributed by atoms with E-state index in [4.69, 9.17) is 19.9 Å². The van der Waals surface area contributed by atoms with Crippen LogP contribution < -0.4 is 10.5 Å². The Hall–Kier alpha value is -1.90. The van der Waals surface area contributed by atoms with Gasteiger partial charge in [0.25, 0.3) is 0 Å². The van der Waals surface area contributed by atoms with Gasteiger partial charge in [0, 0.05) is 31.1 Å². The summed E-state index contributed by atoms with van der Waals surface area (Å²) in [4.78, 5) is 19.9. The second-order valence-corrected chi connectivity index (χ2v) is 6.82. The van der Waals surface area contributed by atoms with Crippen LogP contribution in [0, 0.1) is 6.92 Å². The minimum Gasteiger partial charge on any atom is -0.476 e. The Morgan fingerprint density at radius 2 is 2.20 bits per heavy atom. The van der Waals surface area contributed by atoms with Crippen molar-refractivity contribution in [2.24, 2.45) is 0 Å². The van der Waals surface area contributed by atoms with Crippen LogP contribution in [0.15, 0.2) is 6.07 Å². The number of ether oxygens (including phenoxy) is 3.